The number of thioether (sulfide) groups is 1. The standard InChI is InChI=1S/C47H53ClN6O5S2/c1-34-9-8-10-35(2)53(34)26-25-40(33-60-42-12-4-3-5-13-42)49-45-24-23-43(31-46(45)54(56)57)61(58,59)50-47(55)37-17-21-41(22-18-37)52-29-27-51(28-30-52)32-38-11-6-7-14-44(38)36-15-19-39(48)20-16-36/h3-7,11-24,31,34-35,40,49H,8-10,25-30,32-33H2,1-2H3,(H,50,55)/t34?,35?,40-/m1/s1. The Morgan fingerprint density at radius 3 is 2.23 bits per heavy atom. The fraction of sp³-hybridized carbons (Fsp3) is 0.340. The van der Waals surface area contributed by atoms with Gasteiger partial charge >= 0.3 is 0 Å². The molecule has 2 saturated heterocycles. The highest BCUT2D eigenvalue weighted by atomic mass is 35.5. The Labute approximate surface area is 368 Å². The minimum Gasteiger partial charge on any atom is -0.376 e. The minimum atomic E-state index is -4.44. The van der Waals surface area contributed by atoms with E-state index in [2.05, 4.69) is 56.8 Å². The van der Waals surface area contributed by atoms with Crippen molar-refractivity contribution in [3.63, 3.8) is 0 Å². The molecule has 11 nitrogen and oxygen atoms in total. The van der Waals surface area contributed by atoms with Crippen molar-refractivity contribution in [3.8, 4) is 11.1 Å². The maximum absolute atomic E-state index is 13.5. The van der Waals surface area contributed by atoms with Crippen LogP contribution in [0.3, 0.4) is 0 Å². The zero-order valence-corrected chi connectivity index (χ0v) is 37.0. The highest BCUT2D eigenvalue weighted by Gasteiger charge is 2.28. The molecule has 0 spiro atoms. The number of halogens is 1. The maximum Gasteiger partial charge on any atom is 0.293 e. The van der Waals surface area contributed by atoms with Crippen LogP contribution in [0.5, 0.6) is 0 Å². The third-order valence-corrected chi connectivity index (χ3v) is 14.6. The zero-order chi connectivity index (χ0) is 42.9. The number of hydrogen-bond acceptors (Lipinski definition) is 10. The Morgan fingerprint density at radius 2 is 1.54 bits per heavy atom. The van der Waals surface area contributed by atoms with Crippen LogP contribution in [0, 0.1) is 10.1 Å². The molecular formula is C47H53ClN6O5S2. The van der Waals surface area contributed by atoms with Crippen LogP contribution in [-0.4, -0.2) is 85.7 Å². The van der Waals surface area contributed by atoms with Crippen molar-refractivity contribution in [2.24, 2.45) is 0 Å². The minimum absolute atomic E-state index is 0.137. The molecule has 0 aromatic heterocycles. The maximum atomic E-state index is 13.5. The fourth-order valence-electron chi connectivity index (χ4n) is 8.34. The second kappa shape index (κ2) is 20.3. The predicted octanol–water partition coefficient (Wildman–Crippen LogP) is 9.58. The van der Waals surface area contributed by atoms with E-state index in [4.69, 9.17) is 11.6 Å². The monoisotopic (exact) mass is 880 g/mol. The smallest absolute Gasteiger partial charge is 0.293 e. The van der Waals surface area contributed by atoms with E-state index >= 15 is 0 Å². The third-order valence-electron chi connectivity index (χ3n) is 11.8. The molecular weight excluding hydrogens is 828 g/mol. The van der Waals surface area contributed by atoms with Gasteiger partial charge in [-0.3, -0.25) is 24.7 Å². The molecule has 0 radical (unpaired) electrons. The van der Waals surface area contributed by atoms with Crippen LogP contribution in [0.15, 0.2) is 131 Å². The summed E-state index contributed by atoms with van der Waals surface area (Å²) in [5, 5.41) is 16.5. The number of benzene rings is 5. The number of nitrogens with zero attached hydrogens (tertiary/aromatic N) is 4. The highest BCUT2D eigenvalue weighted by Crippen LogP contribution is 2.32. The normalized spacial score (nSPS) is 18.0. The summed E-state index contributed by atoms with van der Waals surface area (Å²) in [5.41, 5.74) is 4.51. The highest BCUT2D eigenvalue weighted by molar-refractivity contribution is 7.99. The number of rotatable bonds is 16. The van der Waals surface area contributed by atoms with E-state index in [-0.39, 0.29) is 27.9 Å². The summed E-state index contributed by atoms with van der Waals surface area (Å²) in [7, 11) is -4.44. The Bertz CT molecular complexity index is 2370. The van der Waals surface area contributed by atoms with Crippen molar-refractivity contribution in [3.05, 3.63) is 148 Å². The SMILES string of the molecule is CC1CCCC(C)N1CC[C@H](CSc1ccccc1)Nc1ccc(S(=O)(=O)NC(=O)c2ccc(N3CCN(Cc4ccccc4-c4ccc(Cl)cc4)CC3)cc2)cc1[N+](=O)[O-]. The first kappa shape index (κ1) is 44.1. The summed E-state index contributed by atoms with van der Waals surface area (Å²) in [6, 6.07) is 37.7. The number of carbonyl (C=O) groups is 1. The number of nitro groups is 1. The quantitative estimate of drug-likeness (QED) is 0.0562. The number of nitro benzene ring substituents is 1. The molecule has 2 heterocycles. The number of piperidine rings is 1. The number of hydrogen-bond donors (Lipinski definition) is 2. The summed E-state index contributed by atoms with van der Waals surface area (Å²) in [5.74, 6) is -0.163. The molecule has 0 aliphatic carbocycles. The van der Waals surface area contributed by atoms with E-state index in [1.165, 1.54) is 29.7 Å². The predicted molar refractivity (Wildman–Crippen MR) is 247 cm³/mol. The average molecular weight is 882 g/mol. The van der Waals surface area contributed by atoms with Crippen molar-refractivity contribution in [2.45, 2.75) is 74.0 Å². The van der Waals surface area contributed by atoms with E-state index in [0.29, 0.717) is 22.9 Å². The fourth-order valence-corrected chi connectivity index (χ4v) is 10.5. The van der Waals surface area contributed by atoms with Gasteiger partial charge in [-0.2, -0.15) is 0 Å². The molecule has 5 aromatic rings. The number of amides is 1. The Balaban J connectivity index is 0.968. The van der Waals surface area contributed by atoms with Crippen LogP contribution in [0.2, 0.25) is 5.02 Å². The van der Waals surface area contributed by atoms with Crippen LogP contribution in [0.25, 0.3) is 11.1 Å². The van der Waals surface area contributed by atoms with Crippen LogP contribution < -0.4 is 14.9 Å². The molecule has 5 aromatic carbocycles. The average Bonchev–Trinajstić information content (AvgIpc) is 3.26. The molecule has 2 aliphatic heterocycles. The van der Waals surface area contributed by atoms with Crippen LogP contribution in [0.1, 0.15) is 55.5 Å². The van der Waals surface area contributed by atoms with Crippen molar-refractivity contribution in [2.75, 3.05) is 48.7 Å². The lowest BCUT2D eigenvalue weighted by atomic mass is 9.97. The molecule has 14 heteroatoms. The van der Waals surface area contributed by atoms with E-state index in [1.54, 1.807) is 23.9 Å². The summed E-state index contributed by atoms with van der Waals surface area (Å²) < 4.78 is 29.1. The first-order valence-corrected chi connectivity index (χ1v) is 23.7. The number of carbonyl (C=O) groups excluding carboxylic acids is 1. The topological polar surface area (TPSA) is 128 Å². The molecule has 2 N–H and O–H groups in total. The Kier molecular flexibility index (Phi) is 14.7. The number of anilines is 2. The van der Waals surface area contributed by atoms with Gasteiger partial charge in [-0.15, -0.1) is 11.8 Å². The van der Waals surface area contributed by atoms with Crippen LogP contribution >= 0.6 is 23.4 Å². The molecule has 2 aliphatic rings. The summed E-state index contributed by atoms with van der Waals surface area (Å²) in [6.45, 7) is 9.43. The number of piperazine rings is 1. The zero-order valence-electron chi connectivity index (χ0n) is 34.6. The summed E-state index contributed by atoms with van der Waals surface area (Å²) in [6.07, 6.45) is 4.25. The third kappa shape index (κ3) is 11.5. The second-order valence-corrected chi connectivity index (χ2v) is 19.2. The van der Waals surface area contributed by atoms with Gasteiger partial charge < -0.3 is 10.2 Å². The van der Waals surface area contributed by atoms with Crippen molar-refractivity contribution in [1.29, 1.82) is 0 Å². The van der Waals surface area contributed by atoms with E-state index < -0.39 is 20.9 Å². The molecule has 61 heavy (non-hydrogen) atoms. The van der Waals surface area contributed by atoms with Crippen molar-refractivity contribution in [1.82, 2.24) is 14.5 Å². The van der Waals surface area contributed by atoms with Crippen LogP contribution in [0.4, 0.5) is 17.1 Å². The van der Waals surface area contributed by atoms with Gasteiger partial charge in [0, 0.05) is 90.4 Å². The first-order valence-electron chi connectivity index (χ1n) is 20.9. The van der Waals surface area contributed by atoms with Gasteiger partial charge in [0.15, 0.2) is 0 Å². The summed E-state index contributed by atoms with van der Waals surface area (Å²) >= 11 is 7.80. The van der Waals surface area contributed by atoms with Gasteiger partial charge in [-0.25, -0.2) is 13.1 Å². The molecule has 7 rings (SSSR count). The largest absolute Gasteiger partial charge is 0.376 e. The molecule has 1 amide bonds. The molecule has 320 valence electrons. The van der Waals surface area contributed by atoms with Gasteiger partial charge in [0.1, 0.15) is 5.69 Å². The van der Waals surface area contributed by atoms with E-state index in [9.17, 15) is 23.3 Å². The lowest BCUT2D eigenvalue weighted by Crippen LogP contribution is -2.46. The molecule has 3 atom stereocenters. The van der Waals surface area contributed by atoms with Crippen molar-refractivity contribution < 1.29 is 18.1 Å². The van der Waals surface area contributed by atoms with Gasteiger partial charge in [-0.05, 0) is 110 Å². The molecule has 0 bridgehead atoms. The number of sulfonamides is 1. The lowest BCUT2D eigenvalue weighted by molar-refractivity contribution is -0.384. The molecule has 2 unspecified atom stereocenters. The number of likely N-dealkylation sites (tertiary alicyclic amines) is 1. The second-order valence-electron chi connectivity index (χ2n) is 16.0. The first-order chi connectivity index (χ1) is 29.4. The van der Waals surface area contributed by atoms with Crippen LogP contribution in [-0.2, 0) is 16.6 Å². The molecule has 0 saturated carbocycles. The van der Waals surface area contributed by atoms with Gasteiger partial charge in [-0.1, -0.05) is 72.6 Å². The number of nitrogens with one attached hydrogen (secondary N) is 2. The van der Waals surface area contributed by atoms with E-state index in [1.807, 2.05) is 72.8 Å². The molecule has 2 fully saturated rings. The van der Waals surface area contributed by atoms with Gasteiger partial charge in [0.05, 0.1) is 9.82 Å². The lowest BCUT2D eigenvalue weighted by Gasteiger charge is -2.39. The Morgan fingerprint density at radius 1 is 0.869 bits per heavy atom. The van der Waals surface area contributed by atoms with Crippen molar-refractivity contribution >= 4 is 56.4 Å². The van der Waals surface area contributed by atoms with Gasteiger partial charge in [0.2, 0.25) is 0 Å². The Hall–Kier alpha value is -4.92. The van der Waals surface area contributed by atoms with E-state index in [0.717, 1.165) is 80.7 Å². The van der Waals surface area contributed by atoms with Gasteiger partial charge in [0.25, 0.3) is 21.6 Å². The summed E-state index contributed by atoms with van der Waals surface area (Å²) in [4.78, 5) is 33.0.